The summed E-state index contributed by atoms with van der Waals surface area (Å²) in [6.45, 7) is 3.85. The fraction of sp³-hybridized carbons (Fsp3) is 0.0526. The lowest BCUT2D eigenvalue weighted by molar-refractivity contribution is -0.116. The van der Waals surface area contributed by atoms with E-state index in [0.717, 1.165) is 22.4 Å². The smallest absolute Gasteiger partial charge is 0.243 e. The van der Waals surface area contributed by atoms with Crippen molar-refractivity contribution in [1.29, 1.82) is 0 Å². The number of nitrogens with zero attached hydrogens (tertiary/aromatic N) is 1. The number of nitrogens with one attached hydrogen (secondary N) is 2. The van der Waals surface area contributed by atoms with Crippen LogP contribution in [0, 0.1) is 5.82 Å². The Morgan fingerprint density at radius 1 is 1.21 bits per heavy atom. The molecule has 0 aliphatic carbocycles. The molecule has 0 spiro atoms. The van der Waals surface area contributed by atoms with E-state index in [0.29, 0.717) is 12.4 Å². The molecule has 24 heavy (non-hydrogen) atoms. The summed E-state index contributed by atoms with van der Waals surface area (Å²) in [6.07, 6.45) is 2.96. The number of halogens is 1. The van der Waals surface area contributed by atoms with Gasteiger partial charge in [-0.05, 0) is 47.5 Å². The predicted octanol–water partition coefficient (Wildman–Crippen LogP) is 3.69. The van der Waals surface area contributed by atoms with Gasteiger partial charge in [-0.2, -0.15) is 0 Å². The van der Waals surface area contributed by atoms with Gasteiger partial charge in [-0.15, -0.1) is 0 Å². The van der Waals surface area contributed by atoms with Crippen molar-refractivity contribution in [3.8, 4) is 22.6 Å². The summed E-state index contributed by atoms with van der Waals surface area (Å²) in [5.41, 5.74) is 3.55. The minimum absolute atomic E-state index is 0.211. The average molecular weight is 321 g/mol. The van der Waals surface area contributed by atoms with Crippen LogP contribution in [0.5, 0.6) is 0 Å². The van der Waals surface area contributed by atoms with Crippen molar-refractivity contribution < 1.29 is 9.18 Å². The Balaban J connectivity index is 1.81. The van der Waals surface area contributed by atoms with Crippen molar-refractivity contribution in [3.05, 3.63) is 78.8 Å². The van der Waals surface area contributed by atoms with Crippen LogP contribution >= 0.6 is 0 Å². The highest BCUT2D eigenvalue weighted by Gasteiger charge is 2.07. The van der Waals surface area contributed by atoms with Crippen LogP contribution < -0.4 is 5.32 Å². The zero-order valence-electron chi connectivity index (χ0n) is 12.9. The molecule has 3 aromatic rings. The van der Waals surface area contributed by atoms with E-state index >= 15 is 0 Å². The first kappa shape index (κ1) is 15.7. The monoisotopic (exact) mass is 321 g/mol. The first-order valence-electron chi connectivity index (χ1n) is 7.46. The second kappa shape index (κ2) is 6.91. The number of rotatable bonds is 5. The SMILES string of the molecule is C=CC(=O)NCc1cccc(-c2ncc(-c3ccc(F)cc3)[nH]2)c1. The fourth-order valence-corrected chi connectivity index (χ4v) is 2.33. The number of aromatic amines is 1. The minimum Gasteiger partial charge on any atom is -0.348 e. The number of hydrogen-bond acceptors (Lipinski definition) is 2. The van der Waals surface area contributed by atoms with Crippen molar-refractivity contribution >= 4 is 5.91 Å². The normalized spacial score (nSPS) is 10.4. The Morgan fingerprint density at radius 2 is 2.00 bits per heavy atom. The van der Waals surface area contributed by atoms with E-state index in [4.69, 9.17) is 0 Å². The highest BCUT2D eigenvalue weighted by molar-refractivity contribution is 5.86. The van der Waals surface area contributed by atoms with Gasteiger partial charge in [-0.1, -0.05) is 24.8 Å². The summed E-state index contributed by atoms with van der Waals surface area (Å²) in [4.78, 5) is 18.9. The highest BCUT2D eigenvalue weighted by atomic mass is 19.1. The number of carbonyl (C=O) groups is 1. The summed E-state index contributed by atoms with van der Waals surface area (Å²) in [5.74, 6) is 0.232. The van der Waals surface area contributed by atoms with Gasteiger partial charge in [0.1, 0.15) is 11.6 Å². The molecule has 0 atom stereocenters. The van der Waals surface area contributed by atoms with Crippen LogP contribution in [0.1, 0.15) is 5.56 Å². The third kappa shape index (κ3) is 3.57. The second-order valence-corrected chi connectivity index (χ2v) is 5.27. The molecule has 0 fully saturated rings. The Hall–Kier alpha value is -3.21. The summed E-state index contributed by atoms with van der Waals surface area (Å²) < 4.78 is 13.0. The van der Waals surface area contributed by atoms with Gasteiger partial charge in [0.2, 0.25) is 5.91 Å². The number of amides is 1. The summed E-state index contributed by atoms with van der Waals surface area (Å²) >= 11 is 0. The lowest BCUT2D eigenvalue weighted by atomic mass is 10.1. The number of benzene rings is 2. The number of carbonyl (C=O) groups excluding carboxylic acids is 1. The van der Waals surface area contributed by atoms with Crippen molar-refractivity contribution in [2.75, 3.05) is 0 Å². The van der Waals surface area contributed by atoms with Crippen LogP contribution in [-0.4, -0.2) is 15.9 Å². The summed E-state index contributed by atoms with van der Waals surface area (Å²) in [5, 5.41) is 2.74. The van der Waals surface area contributed by atoms with E-state index < -0.39 is 0 Å². The second-order valence-electron chi connectivity index (χ2n) is 5.27. The number of hydrogen-bond donors (Lipinski definition) is 2. The molecule has 5 heteroatoms. The third-order valence-corrected chi connectivity index (χ3v) is 3.58. The Labute approximate surface area is 139 Å². The Bertz CT molecular complexity index is 868. The van der Waals surface area contributed by atoms with Crippen molar-refractivity contribution in [2.24, 2.45) is 0 Å². The molecule has 2 N–H and O–H groups in total. The van der Waals surface area contributed by atoms with Gasteiger partial charge in [-0.25, -0.2) is 9.37 Å². The molecule has 4 nitrogen and oxygen atoms in total. The van der Waals surface area contributed by atoms with Crippen LogP contribution in [0.25, 0.3) is 22.6 Å². The van der Waals surface area contributed by atoms with Gasteiger partial charge < -0.3 is 10.3 Å². The van der Waals surface area contributed by atoms with E-state index in [-0.39, 0.29) is 11.7 Å². The van der Waals surface area contributed by atoms with E-state index in [1.165, 1.54) is 18.2 Å². The molecule has 0 saturated heterocycles. The number of imidazole rings is 1. The van der Waals surface area contributed by atoms with Gasteiger partial charge in [0, 0.05) is 12.1 Å². The van der Waals surface area contributed by atoms with E-state index in [1.54, 1.807) is 18.3 Å². The van der Waals surface area contributed by atoms with Crippen molar-refractivity contribution in [2.45, 2.75) is 6.54 Å². The van der Waals surface area contributed by atoms with Gasteiger partial charge >= 0.3 is 0 Å². The van der Waals surface area contributed by atoms with Gasteiger partial charge in [-0.3, -0.25) is 4.79 Å². The lowest BCUT2D eigenvalue weighted by Gasteiger charge is -2.04. The molecule has 1 aromatic heterocycles. The average Bonchev–Trinajstić information content (AvgIpc) is 3.10. The molecule has 0 unspecified atom stereocenters. The number of H-pyrrole nitrogens is 1. The molecular formula is C19H16FN3O. The largest absolute Gasteiger partial charge is 0.348 e. The molecule has 1 heterocycles. The zero-order chi connectivity index (χ0) is 16.9. The van der Waals surface area contributed by atoms with Crippen LogP contribution in [0.15, 0.2) is 67.4 Å². The van der Waals surface area contributed by atoms with Crippen LogP contribution in [-0.2, 0) is 11.3 Å². The molecule has 3 rings (SSSR count). The van der Waals surface area contributed by atoms with Gasteiger partial charge in [0.05, 0.1) is 11.9 Å². The highest BCUT2D eigenvalue weighted by Crippen LogP contribution is 2.23. The van der Waals surface area contributed by atoms with Crippen LogP contribution in [0.4, 0.5) is 4.39 Å². The fourth-order valence-electron chi connectivity index (χ4n) is 2.33. The molecule has 0 saturated carbocycles. The molecule has 0 bridgehead atoms. The molecule has 0 radical (unpaired) electrons. The van der Waals surface area contributed by atoms with Gasteiger partial charge in [0.15, 0.2) is 0 Å². The third-order valence-electron chi connectivity index (χ3n) is 3.58. The van der Waals surface area contributed by atoms with Crippen molar-refractivity contribution in [1.82, 2.24) is 15.3 Å². The van der Waals surface area contributed by atoms with Crippen LogP contribution in [0.3, 0.4) is 0 Å². The van der Waals surface area contributed by atoms with Gasteiger partial charge in [0.25, 0.3) is 0 Å². The minimum atomic E-state index is -0.271. The molecule has 0 aliphatic heterocycles. The van der Waals surface area contributed by atoms with Crippen LogP contribution in [0.2, 0.25) is 0 Å². The Morgan fingerprint density at radius 3 is 2.75 bits per heavy atom. The molecule has 1 amide bonds. The molecular weight excluding hydrogens is 305 g/mol. The number of aromatic nitrogens is 2. The zero-order valence-corrected chi connectivity index (χ0v) is 12.9. The quantitative estimate of drug-likeness (QED) is 0.704. The first-order chi connectivity index (χ1) is 11.7. The standard InChI is InChI=1S/C19H16FN3O/c1-2-18(24)21-11-13-4-3-5-15(10-13)19-22-12-17(23-19)14-6-8-16(20)9-7-14/h2-10,12H,1,11H2,(H,21,24)(H,22,23). The molecule has 0 aliphatic rings. The van der Waals surface area contributed by atoms with E-state index in [1.807, 2.05) is 24.3 Å². The Kier molecular flexibility index (Phi) is 4.52. The molecule has 120 valence electrons. The summed E-state index contributed by atoms with van der Waals surface area (Å²) in [6, 6.07) is 14.0. The first-order valence-corrected chi connectivity index (χ1v) is 7.46. The maximum absolute atomic E-state index is 13.0. The topological polar surface area (TPSA) is 57.8 Å². The van der Waals surface area contributed by atoms with E-state index in [2.05, 4.69) is 21.9 Å². The molecule has 2 aromatic carbocycles. The maximum Gasteiger partial charge on any atom is 0.243 e. The predicted molar refractivity (Wildman–Crippen MR) is 91.5 cm³/mol. The van der Waals surface area contributed by atoms with E-state index in [9.17, 15) is 9.18 Å². The summed E-state index contributed by atoms with van der Waals surface area (Å²) in [7, 11) is 0. The lowest BCUT2D eigenvalue weighted by Crippen LogP contribution is -2.19. The van der Waals surface area contributed by atoms with Crippen molar-refractivity contribution in [3.63, 3.8) is 0 Å². The maximum atomic E-state index is 13.0.